The number of hydrogen-bond acceptors (Lipinski definition) is 1. The topological polar surface area (TPSA) is 9.23 Å². The molecule has 0 saturated carbocycles. The van der Waals surface area contributed by atoms with Crippen molar-refractivity contribution in [3.63, 3.8) is 0 Å². The van der Waals surface area contributed by atoms with E-state index < -0.39 is 0 Å². The van der Waals surface area contributed by atoms with Crippen LogP contribution in [0.5, 0.6) is 5.75 Å². The van der Waals surface area contributed by atoms with E-state index in [0.717, 1.165) is 16.8 Å². The normalized spacial score (nSPS) is 18.2. The summed E-state index contributed by atoms with van der Waals surface area (Å²) in [5, 5.41) is 0.705. The quantitative estimate of drug-likeness (QED) is 0.691. The van der Waals surface area contributed by atoms with Crippen molar-refractivity contribution in [1.29, 1.82) is 0 Å². The van der Waals surface area contributed by atoms with Crippen LogP contribution < -0.4 is 4.74 Å². The molecular formula is C10H10BrClO. The zero-order valence-electron chi connectivity index (χ0n) is 7.53. The van der Waals surface area contributed by atoms with Crippen molar-refractivity contribution < 1.29 is 4.74 Å². The van der Waals surface area contributed by atoms with Crippen LogP contribution in [-0.4, -0.2) is 6.61 Å². The average Bonchev–Trinajstić information content (AvgIpc) is 2.31. The molecule has 0 aromatic heterocycles. The van der Waals surface area contributed by atoms with Gasteiger partial charge in [0.1, 0.15) is 5.75 Å². The van der Waals surface area contributed by atoms with Crippen LogP contribution in [0.15, 0.2) is 16.6 Å². The molecule has 3 heteroatoms. The molecule has 0 saturated heterocycles. The Morgan fingerprint density at radius 2 is 2.15 bits per heavy atom. The molecular weight excluding hydrogens is 251 g/mol. The van der Waals surface area contributed by atoms with Crippen LogP contribution in [0.1, 0.15) is 19.4 Å². The maximum absolute atomic E-state index is 5.96. The van der Waals surface area contributed by atoms with Crippen LogP contribution in [-0.2, 0) is 5.41 Å². The van der Waals surface area contributed by atoms with E-state index in [0.29, 0.717) is 5.02 Å². The highest BCUT2D eigenvalue weighted by atomic mass is 79.9. The predicted octanol–water partition coefficient (Wildman–Crippen LogP) is 3.77. The van der Waals surface area contributed by atoms with Crippen LogP contribution in [0.3, 0.4) is 0 Å². The van der Waals surface area contributed by atoms with Crippen molar-refractivity contribution in [1.82, 2.24) is 0 Å². The second kappa shape index (κ2) is 2.89. The summed E-state index contributed by atoms with van der Waals surface area (Å²) in [6.45, 7) is 5.06. The van der Waals surface area contributed by atoms with E-state index in [9.17, 15) is 0 Å². The molecule has 0 unspecified atom stereocenters. The van der Waals surface area contributed by atoms with Crippen LogP contribution >= 0.6 is 27.5 Å². The number of ether oxygens (including phenoxy) is 1. The highest BCUT2D eigenvalue weighted by Gasteiger charge is 2.32. The van der Waals surface area contributed by atoms with Gasteiger partial charge in [-0.1, -0.05) is 25.4 Å². The van der Waals surface area contributed by atoms with Gasteiger partial charge in [0.15, 0.2) is 0 Å². The van der Waals surface area contributed by atoms with E-state index in [-0.39, 0.29) is 5.41 Å². The van der Waals surface area contributed by atoms with Crippen molar-refractivity contribution in [2.24, 2.45) is 0 Å². The van der Waals surface area contributed by atoms with Gasteiger partial charge in [0, 0.05) is 21.5 Å². The van der Waals surface area contributed by atoms with Crippen molar-refractivity contribution in [2.75, 3.05) is 6.61 Å². The average molecular weight is 262 g/mol. The Labute approximate surface area is 91.2 Å². The Morgan fingerprint density at radius 3 is 2.85 bits per heavy atom. The van der Waals surface area contributed by atoms with E-state index in [1.165, 1.54) is 5.56 Å². The number of fused-ring (bicyclic) bond motifs is 1. The number of halogens is 2. The first kappa shape index (κ1) is 9.35. The van der Waals surface area contributed by atoms with Gasteiger partial charge in [0.05, 0.1) is 11.6 Å². The fourth-order valence-corrected chi connectivity index (χ4v) is 2.01. The molecule has 13 heavy (non-hydrogen) atoms. The standard InChI is InChI=1S/C10H10BrClO/c1-10(2)5-13-9-4-8(12)7(11)3-6(9)10/h3-4H,5H2,1-2H3. The predicted molar refractivity (Wildman–Crippen MR) is 57.7 cm³/mol. The van der Waals surface area contributed by atoms with Crippen molar-refractivity contribution in [3.8, 4) is 5.75 Å². The third-order valence-electron chi connectivity index (χ3n) is 2.34. The molecule has 0 atom stereocenters. The van der Waals surface area contributed by atoms with Gasteiger partial charge in [-0.3, -0.25) is 0 Å². The summed E-state index contributed by atoms with van der Waals surface area (Å²) >= 11 is 9.37. The highest BCUT2D eigenvalue weighted by Crippen LogP contribution is 2.42. The van der Waals surface area contributed by atoms with E-state index in [1.54, 1.807) is 0 Å². The Kier molecular flexibility index (Phi) is 2.08. The van der Waals surface area contributed by atoms with Gasteiger partial charge in [-0.2, -0.15) is 0 Å². The summed E-state index contributed by atoms with van der Waals surface area (Å²) in [7, 11) is 0. The second-order valence-corrected chi connectivity index (χ2v) is 5.20. The minimum Gasteiger partial charge on any atom is -0.492 e. The molecule has 0 fully saturated rings. The minimum absolute atomic E-state index is 0.0996. The fourth-order valence-electron chi connectivity index (χ4n) is 1.51. The van der Waals surface area contributed by atoms with E-state index in [1.807, 2.05) is 12.1 Å². The summed E-state index contributed by atoms with van der Waals surface area (Å²) in [4.78, 5) is 0. The van der Waals surface area contributed by atoms with Gasteiger partial charge in [-0.15, -0.1) is 0 Å². The molecule has 0 radical (unpaired) electrons. The van der Waals surface area contributed by atoms with E-state index in [2.05, 4.69) is 29.8 Å². The Balaban J connectivity index is 2.61. The maximum Gasteiger partial charge on any atom is 0.124 e. The molecule has 0 spiro atoms. The Bertz CT molecular complexity index is 360. The summed E-state index contributed by atoms with van der Waals surface area (Å²) in [6.07, 6.45) is 0. The lowest BCUT2D eigenvalue weighted by atomic mass is 9.87. The summed E-state index contributed by atoms with van der Waals surface area (Å²) in [5.74, 6) is 0.915. The van der Waals surface area contributed by atoms with Crippen LogP contribution in [0.25, 0.3) is 0 Å². The molecule has 1 heterocycles. The molecule has 0 amide bonds. The Morgan fingerprint density at radius 1 is 1.46 bits per heavy atom. The third-order valence-corrected chi connectivity index (χ3v) is 3.54. The first-order chi connectivity index (χ1) is 6.00. The molecule has 1 aromatic carbocycles. The van der Waals surface area contributed by atoms with E-state index in [4.69, 9.17) is 16.3 Å². The first-order valence-corrected chi connectivity index (χ1v) is 5.30. The third kappa shape index (κ3) is 1.46. The first-order valence-electron chi connectivity index (χ1n) is 4.13. The van der Waals surface area contributed by atoms with Crippen molar-refractivity contribution in [2.45, 2.75) is 19.3 Å². The van der Waals surface area contributed by atoms with Crippen LogP contribution in [0, 0.1) is 0 Å². The lowest BCUT2D eigenvalue weighted by Gasteiger charge is -2.15. The number of benzene rings is 1. The van der Waals surface area contributed by atoms with Crippen molar-refractivity contribution in [3.05, 3.63) is 27.2 Å². The molecule has 1 nitrogen and oxygen atoms in total. The number of rotatable bonds is 0. The van der Waals surface area contributed by atoms with Gasteiger partial charge < -0.3 is 4.74 Å². The lowest BCUT2D eigenvalue weighted by molar-refractivity contribution is 0.291. The minimum atomic E-state index is 0.0996. The summed E-state index contributed by atoms with van der Waals surface area (Å²) in [6, 6.07) is 3.92. The van der Waals surface area contributed by atoms with Gasteiger partial charge in [-0.05, 0) is 22.0 Å². The largest absolute Gasteiger partial charge is 0.492 e. The molecule has 1 aliphatic rings. The maximum atomic E-state index is 5.96. The van der Waals surface area contributed by atoms with Gasteiger partial charge in [0.2, 0.25) is 0 Å². The molecule has 70 valence electrons. The molecule has 0 N–H and O–H groups in total. The molecule has 0 aliphatic carbocycles. The van der Waals surface area contributed by atoms with Crippen molar-refractivity contribution >= 4 is 27.5 Å². The van der Waals surface area contributed by atoms with Crippen LogP contribution in [0.4, 0.5) is 0 Å². The highest BCUT2D eigenvalue weighted by molar-refractivity contribution is 9.10. The molecule has 1 aromatic rings. The molecule has 1 aliphatic heterocycles. The smallest absolute Gasteiger partial charge is 0.124 e. The summed E-state index contributed by atoms with van der Waals surface area (Å²) < 4.78 is 6.48. The Hall–Kier alpha value is -0.210. The van der Waals surface area contributed by atoms with Gasteiger partial charge in [-0.25, -0.2) is 0 Å². The SMILES string of the molecule is CC1(C)COc2cc(Cl)c(Br)cc21. The zero-order valence-corrected chi connectivity index (χ0v) is 9.87. The fraction of sp³-hybridized carbons (Fsp3) is 0.400. The van der Waals surface area contributed by atoms with Gasteiger partial charge >= 0.3 is 0 Å². The molecule has 2 rings (SSSR count). The van der Waals surface area contributed by atoms with Crippen LogP contribution in [0.2, 0.25) is 5.02 Å². The number of hydrogen-bond donors (Lipinski definition) is 0. The van der Waals surface area contributed by atoms with Gasteiger partial charge in [0.25, 0.3) is 0 Å². The monoisotopic (exact) mass is 260 g/mol. The van der Waals surface area contributed by atoms with E-state index >= 15 is 0 Å². The second-order valence-electron chi connectivity index (χ2n) is 3.94. The zero-order chi connectivity index (χ0) is 9.64. The molecule has 0 bridgehead atoms. The lowest BCUT2D eigenvalue weighted by Crippen LogP contribution is -2.18. The summed E-state index contributed by atoms with van der Waals surface area (Å²) in [5.41, 5.74) is 1.33.